The Morgan fingerprint density at radius 2 is 2.00 bits per heavy atom. The van der Waals surface area contributed by atoms with Crippen LogP contribution in [0.5, 0.6) is 0 Å². The lowest BCUT2D eigenvalue weighted by Crippen LogP contribution is -2.46. The second kappa shape index (κ2) is 5.59. The minimum atomic E-state index is -0.777. The summed E-state index contributed by atoms with van der Waals surface area (Å²) >= 11 is 0. The lowest BCUT2D eigenvalue weighted by Gasteiger charge is -2.17. The van der Waals surface area contributed by atoms with Gasteiger partial charge in [-0.3, -0.25) is 9.79 Å². The summed E-state index contributed by atoms with van der Waals surface area (Å²) in [5.74, 6) is -0.367. The molecule has 0 rings (SSSR count). The Labute approximate surface area is 84.2 Å². The minimum absolute atomic E-state index is 0.182. The Morgan fingerprint density at radius 1 is 1.43 bits per heavy atom. The van der Waals surface area contributed by atoms with Crippen LogP contribution in [0, 0.1) is 0 Å². The summed E-state index contributed by atoms with van der Waals surface area (Å²) in [6, 6.07) is 0. The molecule has 0 aromatic rings. The summed E-state index contributed by atoms with van der Waals surface area (Å²) in [7, 11) is 0. The van der Waals surface area contributed by atoms with Crippen LogP contribution in [0.15, 0.2) is 4.99 Å². The van der Waals surface area contributed by atoms with E-state index in [1.165, 1.54) is 0 Å². The second-order valence-corrected chi connectivity index (χ2v) is 3.84. The molecule has 0 saturated heterocycles. The topological polar surface area (TPSA) is 102 Å². The maximum atomic E-state index is 10.2. The van der Waals surface area contributed by atoms with Gasteiger partial charge in [0.2, 0.25) is 0 Å². The molecule has 0 amide bonds. The van der Waals surface area contributed by atoms with E-state index in [1.54, 1.807) is 13.8 Å². The van der Waals surface area contributed by atoms with Crippen molar-refractivity contribution >= 4 is 11.8 Å². The molecule has 0 aliphatic rings. The van der Waals surface area contributed by atoms with Crippen molar-refractivity contribution in [3.8, 4) is 0 Å². The second-order valence-electron chi connectivity index (χ2n) is 3.84. The van der Waals surface area contributed by atoms with E-state index in [-0.39, 0.29) is 6.42 Å². The maximum Gasteiger partial charge on any atom is 0.303 e. The molecule has 82 valence electrons. The molecular formula is C9H19N3O2. The monoisotopic (exact) mass is 201 g/mol. The van der Waals surface area contributed by atoms with E-state index in [0.29, 0.717) is 18.8 Å². The molecule has 0 spiro atoms. The molecule has 0 unspecified atom stereocenters. The summed E-state index contributed by atoms with van der Waals surface area (Å²) in [4.78, 5) is 14.2. The van der Waals surface area contributed by atoms with Crippen LogP contribution in [0.25, 0.3) is 0 Å². The molecule has 0 atom stereocenters. The summed E-state index contributed by atoms with van der Waals surface area (Å²) in [5.41, 5.74) is 10.7. The van der Waals surface area contributed by atoms with E-state index in [2.05, 4.69) is 4.99 Å². The number of aliphatic carboxylic acids is 1. The number of carbonyl (C=O) groups is 1. The van der Waals surface area contributed by atoms with E-state index in [4.69, 9.17) is 16.6 Å². The van der Waals surface area contributed by atoms with Crippen LogP contribution in [0.2, 0.25) is 0 Å². The lowest BCUT2D eigenvalue weighted by atomic mass is 10.1. The highest BCUT2D eigenvalue weighted by molar-refractivity contribution is 5.88. The Morgan fingerprint density at radius 3 is 2.43 bits per heavy atom. The van der Waals surface area contributed by atoms with Gasteiger partial charge in [-0.2, -0.15) is 0 Å². The van der Waals surface area contributed by atoms with Gasteiger partial charge >= 0.3 is 5.97 Å². The third kappa shape index (κ3) is 6.42. The highest BCUT2D eigenvalue weighted by atomic mass is 16.4. The largest absolute Gasteiger partial charge is 0.481 e. The van der Waals surface area contributed by atoms with Crippen molar-refractivity contribution in [2.24, 2.45) is 16.5 Å². The van der Waals surface area contributed by atoms with Gasteiger partial charge in [-0.05, 0) is 26.7 Å². The first-order chi connectivity index (χ1) is 6.34. The first kappa shape index (κ1) is 12.9. The van der Waals surface area contributed by atoms with Crippen LogP contribution in [0.3, 0.4) is 0 Å². The fourth-order valence-corrected chi connectivity index (χ4v) is 0.791. The van der Waals surface area contributed by atoms with Gasteiger partial charge < -0.3 is 16.6 Å². The van der Waals surface area contributed by atoms with E-state index in [0.717, 1.165) is 6.42 Å². The maximum absolute atomic E-state index is 10.2. The van der Waals surface area contributed by atoms with Crippen LogP contribution in [-0.2, 0) is 4.79 Å². The van der Waals surface area contributed by atoms with Crippen molar-refractivity contribution in [2.45, 2.75) is 38.6 Å². The van der Waals surface area contributed by atoms with Crippen molar-refractivity contribution in [1.82, 2.24) is 0 Å². The van der Waals surface area contributed by atoms with Gasteiger partial charge in [-0.1, -0.05) is 0 Å². The lowest BCUT2D eigenvalue weighted by molar-refractivity contribution is -0.137. The van der Waals surface area contributed by atoms with E-state index < -0.39 is 11.5 Å². The van der Waals surface area contributed by atoms with Gasteiger partial charge in [0.05, 0.1) is 5.54 Å². The third-order valence-electron chi connectivity index (χ3n) is 1.74. The number of amidine groups is 1. The van der Waals surface area contributed by atoms with Crippen molar-refractivity contribution < 1.29 is 9.90 Å². The van der Waals surface area contributed by atoms with Gasteiger partial charge in [0.25, 0.3) is 0 Å². The fraction of sp³-hybridized carbons (Fsp3) is 0.778. The highest BCUT2D eigenvalue weighted by Crippen LogP contribution is 1.99. The molecule has 5 heteroatoms. The van der Waals surface area contributed by atoms with Crippen molar-refractivity contribution in [3.63, 3.8) is 0 Å². The third-order valence-corrected chi connectivity index (χ3v) is 1.74. The van der Waals surface area contributed by atoms with Crippen molar-refractivity contribution in [1.29, 1.82) is 0 Å². The fourth-order valence-electron chi connectivity index (χ4n) is 0.791. The molecule has 14 heavy (non-hydrogen) atoms. The number of carboxylic acids is 1. The molecule has 0 heterocycles. The summed E-state index contributed by atoms with van der Waals surface area (Å²) < 4.78 is 0. The molecule has 0 bridgehead atoms. The summed E-state index contributed by atoms with van der Waals surface area (Å²) in [6.45, 7) is 4.10. The van der Waals surface area contributed by atoms with Crippen LogP contribution in [0.4, 0.5) is 0 Å². The standard InChI is InChI=1S/C9H19N3O2/c1-9(2,11)8(10)12-6-4-3-5-7(13)14/h3-6,11H2,1-2H3,(H2,10,12)(H,13,14). The Hall–Kier alpha value is -1.10. The molecule has 0 radical (unpaired) electrons. The quantitative estimate of drug-likeness (QED) is 0.327. The number of hydrogen-bond donors (Lipinski definition) is 3. The molecule has 0 aromatic heterocycles. The smallest absolute Gasteiger partial charge is 0.303 e. The van der Waals surface area contributed by atoms with Crippen LogP contribution in [0.1, 0.15) is 33.1 Å². The predicted molar refractivity (Wildman–Crippen MR) is 56.2 cm³/mol. The van der Waals surface area contributed by atoms with Crippen LogP contribution in [-0.4, -0.2) is 29.0 Å². The number of nitrogens with zero attached hydrogens (tertiary/aromatic N) is 1. The molecule has 0 aliphatic heterocycles. The zero-order valence-corrected chi connectivity index (χ0v) is 8.79. The molecule has 5 N–H and O–H groups in total. The molecular weight excluding hydrogens is 182 g/mol. The van der Waals surface area contributed by atoms with Gasteiger partial charge in [-0.25, -0.2) is 0 Å². The molecule has 0 fully saturated rings. The zero-order chi connectivity index (χ0) is 11.2. The molecule has 0 aliphatic carbocycles. The average molecular weight is 201 g/mol. The summed E-state index contributed by atoms with van der Waals surface area (Å²) in [6.07, 6.45) is 1.53. The molecule has 0 saturated carbocycles. The van der Waals surface area contributed by atoms with Crippen LogP contribution >= 0.6 is 0 Å². The number of carboxylic acid groups (broad SMARTS) is 1. The highest BCUT2D eigenvalue weighted by Gasteiger charge is 2.14. The van der Waals surface area contributed by atoms with E-state index in [9.17, 15) is 4.79 Å². The average Bonchev–Trinajstić information content (AvgIpc) is 2.01. The van der Waals surface area contributed by atoms with E-state index in [1.807, 2.05) is 0 Å². The van der Waals surface area contributed by atoms with Gasteiger partial charge in [0.15, 0.2) is 0 Å². The number of aliphatic imine (C=N–C) groups is 1. The zero-order valence-electron chi connectivity index (χ0n) is 8.79. The molecule has 5 nitrogen and oxygen atoms in total. The SMILES string of the molecule is CC(C)(N)C(N)=NCCCCC(=O)O. The van der Waals surface area contributed by atoms with Gasteiger partial charge in [0, 0.05) is 13.0 Å². The van der Waals surface area contributed by atoms with Crippen molar-refractivity contribution in [2.75, 3.05) is 6.54 Å². The van der Waals surface area contributed by atoms with Crippen molar-refractivity contribution in [3.05, 3.63) is 0 Å². The Bertz CT molecular complexity index is 219. The first-order valence-corrected chi connectivity index (χ1v) is 4.65. The van der Waals surface area contributed by atoms with E-state index >= 15 is 0 Å². The van der Waals surface area contributed by atoms with Gasteiger partial charge in [-0.15, -0.1) is 0 Å². The number of nitrogens with two attached hydrogens (primary N) is 2. The number of unbranched alkanes of at least 4 members (excludes halogenated alkanes) is 1. The first-order valence-electron chi connectivity index (χ1n) is 4.65. The Balaban J connectivity index is 3.67. The minimum Gasteiger partial charge on any atom is -0.481 e. The summed E-state index contributed by atoms with van der Waals surface area (Å²) in [5, 5.41) is 8.37. The predicted octanol–water partition coefficient (Wildman–Crippen LogP) is 0.336. The number of rotatable bonds is 6. The Kier molecular flexibility index (Phi) is 5.15. The number of hydrogen-bond acceptors (Lipinski definition) is 3. The van der Waals surface area contributed by atoms with Crippen LogP contribution < -0.4 is 11.5 Å². The normalized spacial score (nSPS) is 12.9. The molecule has 0 aromatic carbocycles. The van der Waals surface area contributed by atoms with Gasteiger partial charge in [0.1, 0.15) is 5.84 Å².